The van der Waals surface area contributed by atoms with Gasteiger partial charge in [-0.2, -0.15) is 0 Å². The Labute approximate surface area is 144 Å². The van der Waals surface area contributed by atoms with Gasteiger partial charge < -0.3 is 15.4 Å². The molecule has 0 aromatic heterocycles. The fourth-order valence-electron chi connectivity index (χ4n) is 2.34. The number of carbonyl (C=O) groups excluding carboxylic acids is 1. The van der Waals surface area contributed by atoms with E-state index in [1.165, 1.54) is 24.3 Å². The highest BCUT2D eigenvalue weighted by molar-refractivity contribution is 5.95. The van der Waals surface area contributed by atoms with Crippen molar-refractivity contribution in [2.75, 3.05) is 17.2 Å². The Bertz CT molecular complexity index is 728. The minimum atomic E-state index is -4.72. The number of hydrogen-bond acceptors (Lipinski definition) is 3. The maximum atomic E-state index is 12.1. The van der Waals surface area contributed by atoms with Crippen LogP contribution in [0.1, 0.15) is 18.1 Å². The summed E-state index contributed by atoms with van der Waals surface area (Å²) >= 11 is 0. The van der Waals surface area contributed by atoms with Crippen molar-refractivity contribution in [1.29, 1.82) is 0 Å². The van der Waals surface area contributed by atoms with Crippen molar-refractivity contribution >= 4 is 17.3 Å². The predicted octanol–water partition coefficient (Wildman–Crippen LogP) is 4.51. The lowest BCUT2D eigenvalue weighted by Crippen LogP contribution is -2.23. The molecule has 0 bridgehead atoms. The molecule has 1 amide bonds. The normalized spacial score (nSPS) is 11.1. The average molecular weight is 352 g/mol. The van der Waals surface area contributed by atoms with Crippen LogP contribution >= 0.6 is 0 Å². The third kappa shape index (κ3) is 5.70. The van der Waals surface area contributed by atoms with Crippen LogP contribution in [-0.2, 0) is 11.2 Å². The molecule has 2 aromatic carbocycles. The van der Waals surface area contributed by atoms with E-state index in [1.807, 2.05) is 32.0 Å². The lowest BCUT2D eigenvalue weighted by Gasteiger charge is -2.14. The molecule has 0 aliphatic carbocycles. The molecule has 0 spiro atoms. The van der Waals surface area contributed by atoms with E-state index in [-0.39, 0.29) is 18.2 Å². The highest BCUT2D eigenvalue weighted by Gasteiger charge is 2.30. The van der Waals surface area contributed by atoms with Crippen molar-refractivity contribution < 1.29 is 22.7 Å². The van der Waals surface area contributed by atoms with Crippen LogP contribution in [0.3, 0.4) is 0 Å². The maximum absolute atomic E-state index is 12.1. The van der Waals surface area contributed by atoms with Gasteiger partial charge in [0.1, 0.15) is 5.75 Å². The second-order valence-corrected chi connectivity index (χ2v) is 5.44. The number of hydrogen-bond donors (Lipinski definition) is 2. The van der Waals surface area contributed by atoms with E-state index in [0.717, 1.165) is 23.2 Å². The third-order valence-electron chi connectivity index (χ3n) is 3.55. The molecule has 25 heavy (non-hydrogen) atoms. The summed E-state index contributed by atoms with van der Waals surface area (Å²) in [5.74, 6) is -0.547. The predicted molar refractivity (Wildman–Crippen MR) is 90.8 cm³/mol. The van der Waals surface area contributed by atoms with E-state index in [9.17, 15) is 18.0 Å². The fourth-order valence-corrected chi connectivity index (χ4v) is 2.34. The van der Waals surface area contributed by atoms with E-state index in [2.05, 4.69) is 15.4 Å². The molecule has 134 valence electrons. The first-order valence-corrected chi connectivity index (χ1v) is 7.76. The molecule has 4 nitrogen and oxygen atoms in total. The van der Waals surface area contributed by atoms with Gasteiger partial charge in [-0.3, -0.25) is 4.79 Å². The molecular weight excluding hydrogens is 333 g/mol. The zero-order valence-corrected chi connectivity index (χ0v) is 13.9. The first-order chi connectivity index (χ1) is 11.8. The van der Waals surface area contributed by atoms with Gasteiger partial charge in [0.15, 0.2) is 0 Å². The monoisotopic (exact) mass is 352 g/mol. The van der Waals surface area contributed by atoms with Crippen LogP contribution in [0.5, 0.6) is 5.75 Å². The van der Waals surface area contributed by atoms with E-state index >= 15 is 0 Å². The summed E-state index contributed by atoms with van der Waals surface area (Å²) in [6.07, 6.45) is -3.93. The van der Waals surface area contributed by atoms with Crippen molar-refractivity contribution in [2.45, 2.75) is 26.6 Å². The number of benzene rings is 2. The summed E-state index contributed by atoms with van der Waals surface area (Å²) in [7, 11) is 0. The number of nitrogens with one attached hydrogen (secondary N) is 2. The molecule has 0 radical (unpaired) electrons. The summed E-state index contributed by atoms with van der Waals surface area (Å²) in [6, 6.07) is 11.0. The highest BCUT2D eigenvalue weighted by atomic mass is 19.4. The second kappa shape index (κ2) is 7.92. The van der Waals surface area contributed by atoms with Crippen LogP contribution < -0.4 is 15.4 Å². The van der Waals surface area contributed by atoms with Crippen molar-refractivity contribution in [3.63, 3.8) is 0 Å². The molecule has 0 heterocycles. The quantitative estimate of drug-likeness (QED) is 0.804. The number of amides is 1. The van der Waals surface area contributed by atoms with Crippen LogP contribution in [0.4, 0.5) is 24.5 Å². The molecule has 2 rings (SSSR count). The number of halogens is 3. The summed E-state index contributed by atoms with van der Waals surface area (Å²) in [5, 5.41) is 5.73. The zero-order valence-electron chi connectivity index (χ0n) is 13.9. The van der Waals surface area contributed by atoms with Crippen LogP contribution in [0, 0.1) is 6.92 Å². The minimum Gasteiger partial charge on any atom is -0.406 e. The van der Waals surface area contributed by atoms with Gasteiger partial charge >= 0.3 is 6.36 Å². The third-order valence-corrected chi connectivity index (χ3v) is 3.55. The molecule has 2 aromatic rings. The molecule has 0 aliphatic rings. The lowest BCUT2D eigenvalue weighted by molar-refractivity contribution is -0.274. The minimum absolute atomic E-state index is 0.00301. The summed E-state index contributed by atoms with van der Waals surface area (Å²) in [4.78, 5) is 12.1. The maximum Gasteiger partial charge on any atom is 0.573 e. The van der Waals surface area contributed by atoms with Crippen LogP contribution in [-0.4, -0.2) is 18.8 Å². The van der Waals surface area contributed by atoms with Crippen molar-refractivity contribution in [3.8, 4) is 5.75 Å². The molecular formula is C18H19F3N2O2. The van der Waals surface area contributed by atoms with Gasteiger partial charge in [0, 0.05) is 11.4 Å². The van der Waals surface area contributed by atoms with Crippen LogP contribution in [0.2, 0.25) is 0 Å². The zero-order chi connectivity index (χ0) is 18.4. The molecule has 7 heteroatoms. The average Bonchev–Trinajstić information content (AvgIpc) is 2.54. The number of carbonyl (C=O) groups is 1. The van der Waals surface area contributed by atoms with Crippen molar-refractivity contribution in [3.05, 3.63) is 53.6 Å². The first-order valence-electron chi connectivity index (χ1n) is 7.76. The Morgan fingerprint density at radius 3 is 2.40 bits per heavy atom. The van der Waals surface area contributed by atoms with Gasteiger partial charge in [-0.1, -0.05) is 25.1 Å². The van der Waals surface area contributed by atoms with Gasteiger partial charge in [-0.05, 0) is 48.7 Å². The summed E-state index contributed by atoms with van der Waals surface area (Å²) < 4.78 is 40.1. The summed E-state index contributed by atoms with van der Waals surface area (Å²) in [6.45, 7) is 3.92. The molecule has 0 fully saturated rings. The Morgan fingerprint density at radius 2 is 1.80 bits per heavy atom. The van der Waals surface area contributed by atoms with Gasteiger partial charge in [-0.25, -0.2) is 0 Å². The van der Waals surface area contributed by atoms with Gasteiger partial charge in [-0.15, -0.1) is 13.2 Å². The van der Waals surface area contributed by atoms with Crippen LogP contribution in [0.25, 0.3) is 0 Å². The van der Waals surface area contributed by atoms with Gasteiger partial charge in [0.25, 0.3) is 0 Å². The smallest absolute Gasteiger partial charge is 0.406 e. The molecule has 0 atom stereocenters. The van der Waals surface area contributed by atoms with Crippen LogP contribution in [0.15, 0.2) is 42.5 Å². The van der Waals surface area contributed by atoms with Crippen molar-refractivity contribution in [2.24, 2.45) is 0 Å². The van der Waals surface area contributed by atoms with Gasteiger partial charge in [0.05, 0.1) is 6.54 Å². The fraction of sp³-hybridized carbons (Fsp3) is 0.278. The van der Waals surface area contributed by atoms with E-state index in [0.29, 0.717) is 5.69 Å². The topological polar surface area (TPSA) is 50.4 Å². The molecule has 0 saturated carbocycles. The number of ether oxygens (including phenoxy) is 1. The van der Waals surface area contributed by atoms with Gasteiger partial charge in [0.2, 0.25) is 5.91 Å². The Hall–Kier alpha value is -2.70. The largest absolute Gasteiger partial charge is 0.573 e. The highest BCUT2D eigenvalue weighted by Crippen LogP contribution is 2.24. The number of para-hydroxylation sites is 1. The molecule has 0 aliphatic heterocycles. The molecule has 0 unspecified atom stereocenters. The summed E-state index contributed by atoms with van der Waals surface area (Å²) in [5.41, 5.74) is 3.33. The van der Waals surface area contributed by atoms with Crippen molar-refractivity contribution in [1.82, 2.24) is 0 Å². The number of aryl methyl sites for hydroxylation is 2. The number of anilines is 2. The second-order valence-electron chi connectivity index (χ2n) is 5.44. The van der Waals surface area contributed by atoms with E-state index in [1.54, 1.807) is 0 Å². The lowest BCUT2D eigenvalue weighted by atomic mass is 10.1. The standard InChI is InChI=1S/C18H19F3N2O2/c1-3-13-6-4-5-12(2)17(13)23-16(24)11-22-14-7-9-15(10-8-14)25-18(19,20)21/h4-10,22H,3,11H2,1-2H3,(H,23,24). The first kappa shape index (κ1) is 18.6. The Balaban J connectivity index is 1.92. The molecule has 2 N–H and O–H groups in total. The SMILES string of the molecule is CCc1cccc(C)c1NC(=O)CNc1ccc(OC(F)(F)F)cc1. The Morgan fingerprint density at radius 1 is 1.12 bits per heavy atom. The van der Waals surface area contributed by atoms with E-state index in [4.69, 9.17) is 0 Å². The molecule has 0 saturated heterocycles. The number of rotatable bonds is 6. The number of alkyl halides is 3. The Kier molecular flexibility index (Phi) is 5.90. The van der Waals surface area contributed by atoms with E-state index < -0.39 is 6.36 Å².